The molecule has 4 N–H and O–H groups in total. The Morgan fingerprint density at radius 3 is 2.69 bits per heavy atom. The van der Waals surface area contributed by atoms with Gasteiger partial charge in [0, 0.05) is 19.4 Å². The third kappa shape index (κ3) is 4.31. The molecule has 0 fully saturated rings. The first-order chi connectivity index (χ1) is 15.4. The molecule has 0 unspecified atom stereocenters. The Hall–Kier alpha value is -4.54. The molecule has 0 saturated heterocycles. The fraction of sp³-hybridized carbons (Fsp3) is 0.143. The molecule has 0 saturated carbocycles. The Morgan fingerprint density at radius 2 is 2.00 bits per heavy atom. The summed E-state index contributed by atoms with van der Waals surface area (Å²) in [5, 5.41) is 10.5. The number of pyridine rings is 1. The zero-order valence-electron chi connectivity index (χ0n) is 17.7. The first kappa shape index (κ1) is 20.7. The molecule has 4 rings (SSSR count). The van der Waals surface area contributed by atoms with Crippen LogP contribution in [-0.4, -0.2) is 42.7 Å². The van der Waals surface area contributed by atoms with Crippen molar-refractivity contribution in [2.45, 2.75) is 6.92 Å². The Kier molecular flexibility index (Phi) is 5.62. The second kappa shape index (κ2) is 8.68. The zero-order chi connectivity index (χ0) is 22.7. The number of rotatable bonds is 7. The maximum absolute atomic E-state index is 12.0. The predicted octanol–water partition coefficient (Wildman–Crippen LogP) is 2.57. The molecule has 0 aliphatic heterocycles. The average molecular weight is 431 g/mol. The number of anilines is 4. The largest absolute Gasteiger partial charge is 0.494 e. The monoisotopic (exact) mass is 431 g/mol. The number of carbonyl (C=O) groups is 1. The van der Waals surface area contributed by atoms with Crippen LogP contribution in [-0.2, 0) is 7.05 Å². The number of nitrogens with zero attached hydrogens (tertiary/aromatic N) is 6. The molecular weight excluding hydrogens is 410 g/mol. The quantitative estimate of drug-likeness (QED) is 0.402. The fourth-order valence-electron chi connectivity index (χ4n) is 3.06. The normalized spacial score (nSPS) is 10.6. The number of para-hydroxylation sites is 1. The SMILES string of the molecule is COc1c(Nc2nc(Nc3cc(C)ccn3)ncc2C(N)=O)cccc1-c1ncn(C)n1. The number of benzene rings is 1. The van der Waals surface area contributed by atoms with E-state index in [1.165, 1.54) is 13.3 Å². The maximum Gasteiger partial charge on any atom is 0.254 e. The summed E-state index contributed by atoms with van der Waals surface area (Å²) in [6, 6.07) is 9.17. The van der Waals surface area contributed by atoms with Crippen LogP contribution in [0.4, 0.5) is 23.3 Å². The van der Waals surface area contributed by atoms with Crippen LogP contribution in [0.2, 0.25) is 0 Å². The van der Waals surface area contributed by atoms with Gasteiger partial charge in [0.15, 0.2) is 11.6 Å². The number of carbonyl (C=O) groups excluding carboxylic acids is 1. The van der Waals surface area contributed by atoms with Gasteiger partial charge >= 0.3 is 0 Å². The first-order valence-electron chi connectivity index (χ1n) is 9.61. The van der Waals surface area contributed by atoms with Gasteiger partial charge in [0.05, 0.1) is 18.4 Å². The van der Waals surface area contributed by atoms with Gasteiger partial charge in [-0.1, -0.05) is 6.07 Å². The molecule has 0 bridgehead atoms. The minimum atomic E-state index is -0.672. The Balaban J connectivity index is 1.72. The summed E-state index contributed by atoms with van der Waals surface area (Å²) in [4.78, 5) is 29.1. The van der Waals surface area contributed by atoms with Crippen molar-refractivity contribution in [2.24, 2.45) is 12.8 Å². The van der Waals surface area contributed by atoms with Gasteiger partial charge in [0.25, 0.3) is 5.91 Å². The summed E-state index contributed by atoms with van der Waals surface area (Å²) in [5.41, 5.74) is 7.92. The van der Waals surface area contributed by atoms with Crippen LogP contribution in [0, 0.1) is 6.92 Å². The maximum atomic E-state index is 12.0. The fourth-order valence-corrected chi connectivity index (χ4v) is 3.06. The topological polar surface area (TPSA) is 146 Å². The Morgan fingerprint density at radius 1 is 1.16 bits per heavy atom. The van der Waals surface area contributed by atoms with Gasteiger partial charge in [0.1, 0.15) is 23.5 Å². The number of hydrogen-bond acceptors (Lipinski definition) is 9. The van der Waals surface area contributed by atoms with Crippen molar-refractivity contribution < 1.29 is 9.53 Å². The highest BCUT2D eigenvalue weighted by Crippen LogP contribution is 2.36. The van der Waals surface area contributed by atoms with Crippen molar-refractivity contribution in [1.29, 1.82) is 0 Å². The van der Waals surface area contributed by atoms with E-state index < -0.39 is 5.91 Å². The third-order valence-corrected chi connectivity index (χ3v) is 4.52. The van der Waals surface area contributed by atoms with Crippen molar-refractivity contribution in [3.63, 3.8) is 0 Å². The molecule has 3 aromatic heterocycles. The summed E-state index contributed by atoms with van der Waals surface area (Å²) in [7, 11) is 3.32. The molecule has 0 aliphatic rings. The zero-order valence-corrected chi connectivity index (χ0v) is 17.7. The Labute approximate surface area is 183 Å². The molecule has 0 spiro atoms. The van der Waals surface area contributed by atoms with Crippen molar-refractivity contribution in [3.8, 4) is 17.1 Å². The van der Waals surface area contributed by atoms with Crippen LogP contribution >= 0.6 is 0 Å². The highest BCUT2D eigenvalue weighted by atomic mass is 16.5. The number of methoxy groups -OCH3 is 1. The predicted molar refractivity (Wildman–Crippen MR) is 119 cm³/mol. The van der Waals surface area contributed by atoms with E-state index in [0.29, 0.717) is 28.6 Å². The lowest BCUT2D eigenvalue weighted by atomic mass is 10.1. The second-order valence-electron chi connectivity index (χ2n) is 6.92. The summed E-state index contributed by atoms with van der Waals surface area (Å²) in [5.74, 6) is 1.35. The van der Waals surface area contributed by atoms with E-state index >= 15 is 0 Å². The molecule has 1 aromatic carbocycles. The van der Waals surface area contributed by atoms with E-state index in [2.05, 4.69) is 35.7 Å². The van der Waals surface area contributed by atoms with Gasteiger partial charge in [-0.25, -0.2) is 15.0 Å². The highest BCUT2D eigenvalue weighted by molar-refractivity contribution is 5.98. The average Bonchev–Trinajstić information content (AvgIpc) is 3.19. The molecule has 4 aromatic rings. The lowest BCUT2D eigenvalue weighted by Crippen LogP contribution is -2.16. The lowest BCUT2D eigenvalue weighted by molar-refractivity contribution is 0.100. The van der Waals surface area contributed by atoms with Crippen molar-refractivity contribution >= 4 is 29.2 Å². The molecule has 11 heteroatoms. The van der Waals surface area contributed by atoms with E-state index in [0.717, 1.165) is 5.56 Å². The van der Waals surface area contributed by atoms with E-state index in [-0.39, 0.29) is 17.3 Å². The lowest BCUT2D eigenvalue weighted by Gasteiger charge is -2.15. The van der Waals surface area contributed by atoms with Crippen molar-refractivity contribution in [3.05, 3.63) is 60.2 Å². The van der Waals surface area contributed by atoms with Gasteiger partial charge < -0.3 is 21.1 Å². The third-order valence-electron chi connectivity index (χ3n) is 4.52. The number of hydrogen-bond donors (Lipinski definition) is 3. The molecular formula is C21H21N9O2. The molecule has 0 radical (unpaired) electrons. The van der Waals surface area contributed by atoms with Crippen LogP contribution in [0.3, 0.4) is 0 Å². The molecule has 162 valence electrons. The van der Waals surface area contributed by atoms with Crippen LogP contribution in [0.5, 0.6) is 5.75 Å². The Bertz CT molecular complexity index is 1290. The number of primary amides is 1. The van der Waals surface area contributed by atoms with Gasteiger partial charge in [-0.3, -0.25) is 9.48 Å². The summed E-state index contributed by atoms with van der Waals surface area (Å²) in [6.45, 7) is 1.95. The van der Waals surface area contributed by atoms with Gasteiger partial charge in [-0.05, 0) is 36.8 Å². The van der Waals surface area contributed by atoms with Crippen molar-refractivity contribution in [2.75, 3.05) is 17.7 Å². The van der Waals surface area contributed by atoms with Crippen LogP contribution in [0.25, 0.3) is 11.4 Å². The molecule has 32 heavy (non-hydrogen) atoms. The van der Waals surface area contributed by atoms with Crippen molar-refractivity contribution in [1.82, 2.24) is 29.7 Å². The van der Waals surface area contributed by atoms with E-state index in [1.54, 1.807) is 30.3 Å². The molecule has 0 aliphatic carbocycles. The number of ether oxygens (including phenoxy) is 1. The van der Waals surface area contributed by atoms with E-state index in [1.807, 2.05) is 31.2 Å². The number of nitrogens with two attached hydrogens (primary N) is 1. The van der Waals surface area contributed by atoms with Crippen LogP contribution in [0.1, 0.15) is 15.9 Å². The summed E-state index contributed by atoms with van der Waals surface area (Å²) in [6.07, 6.45) is 4.63. The summed E-state index contributed by atoms with van der Waals surface area (Å²) < 4.78 is 7.21. The van der Waals surface area contributed by atoms with Gasteiger partial charge in [-0.15, -0.1) is 0 Å². The summed E-state index contributed by atoms with van der Waals surface area (Å²) >= 11 is 0. The minimum Gasteiger partial charge on any atom is -0.494 e. The highest BCUT2D eigenvalue weighted by Gasteiger charge is 2.18. The number of nitrogens with one attached hydrogen (secondary N) is 2. The van der Waals surface area contributed by atoms with E-state index in [9.17, 15) is 4.79 Å². The smallest absolute Gasteiger partial charge is 0.254 e. The van der Waals surface area contributed by atoms with E-state index in [4.69, 9.17) is 10.5 Å². The van der Waals surface area contributed by atoms with Gasteiger partial charge in [-0.2, -0.15) is 10.1 Å². The number of aryl methyl sites for hydroxylation is 2. The van der Waals surface area contributed by atoms with Gasteiger partial charge in [0.2, 0.25) is 5.95 Å². The molecule has 0 atom stereocenters. The standard InChI is InChI=1S/C21H21N9O2/c1-12-7-8-23-16(9-12)27-21-24-10-14(18(22)31)20(28-21)26-15-6-4-5-13(17(15)32-3)19-25-11-30(2)29-19/h4-11H,1-3H3,(H2,22,31)(H2,23,24,26,27,28). The van der Waals surface area contributed by atoms with Crippen LogP contribution in [0.15, 0.2) is 49.1 Å². The molecule has 3 heterocycles. The molecule has 11 nitrogen and oxygen atoms in total. The van der Waals surface area contributed by atoms with Crippen LogP contribution < -0.4 is 21.1 Å². The number of aromatic nitrogens is 6. The number of amides is 1. The second-order valence-corrected chi connectivity index (χ2v) is 6.92. The molecule has 1 amide bonds. The first-order valence-corrected chi connectivity index (χ1v) is 9.61. The minimum absolute atomic E-state index is 0.121.